The van der Waals surface area contributed by atoms with Crippen LogP contribution in [0.5, 0.6) is 0 Å². The molecule has 0 saturated carbocycles. The molecule has 0 aliphatic heterocycles. The summed E-state index contributed by atoms with van der Waals surface area (Å²) in [6, 6.07) is 5.06. The summed E-state index contributed by atoms with van der Waals surface area (Å²) < 4.78 is 5.17. The molecule has 118 valence electrons. The number of carbonyl (C=O) groups is 1. The lowest BCUT2D eigenvalue weighted by molar-refractivity contribution is -0.117. The molecular formula is C15H16N6O2. The zero-order chi connectivity index (χ0) is 16.7. The van der Waals surface area contributed by atoms with Crippen molar-refractivity contribution >= 4 is 18.5 Å². The summed E-state index contributed by atoms with van der Waals surface area (Å²) in [5, 5.41) is 2.66. The summed E-state index contributed by atoms with van der Waals surface area (Å²) >= 11 is 0. The van der Waals surface area contributed by atoms with Crippen LogP contribution in [0.25, 0.3) is 0 Å². The number of nitrogens with zero attached hydrogens (tertiary/aromatic N) is 4. The van der Waals surface area contributed by atoms with Gasteiger partial charge in [0.25, 0.3) is 5.91 Å². The monoisotopic (exact) mass is 312 g/mol. The van der Waals surface area contributed by atoms with Crippen molar-refractivity contribution in [3.63, 3.8) is 0 Å². The molecule has 2 rings (SSSR count). The van der Waals surface area contributed by atoms with E-state index in [2.05, 4.69) is 32.0 Å². The number of nitrogens with one attached hydrogen (secondary N) is 1. The van der Waals surface area contributed by atoms with Crippen LogP contribution in [0.2, 0.25) is 0 Å². The lowest BCUT2D eigenvalue weighted by Gasteiger charge is -2.06. The molecule has 8 nitrogen and oxygen atoms in total. The molecule has 0 spiro atoms. The first-order valence-electron chi connectivity index (χ1n) is 6.71. The van der Waals surface area contributed by atoms with Crippen LogP contribution in [-0.4, -0.2) is 28.4 Å². The van der Waals surface area contributed by atoms with E-state index in [-0.39, 0.29) is 29.7 Å². The molecule has 2 aromatic rings. The second-order valence-electron chi connectivity index (χ2n) is 4.43. The average Bonchev–Trinajstić information content (AvgIpc) is 3.11. The molecule has 0 aliphatic carbocycles. The Bertz CT molecular complexity index is 735. The number of nitrogens with two attached hydrogens (primary N) is 1. The molecule has 0 radical (unpaired) electrons. The van der Waals surface area contributed by atoms with E-state index in [1.807, 2.05) is 0 Å². The third-order valence-electron chi connectivity index (χ3n) is 2.87. The van der Waals surface area contributed by atoms with Gasteiger partial charge in [0, 0.05) is 12.4 Å². The molecule has 23 heavy (non-hydrogen) atoms. The van der Waals surface area contributed by atoms with Crippen molar-refractivity contribution in [2.45, 2.75) is 13.5 Å². The zero-order valence-electron chi connectivity index (χ0n) is 12.6. The van der Waals surface area contributed by atoms with Crippen LogP contribution in [-0.2, 0) is 11.3 Å². The standard InChI is InChI=1S/C15H16N6O2/c1-10(15(22)20-9-12-18-6-4-7-19-12)13(16)21-14(17-2)11-5-3-8-23-11/h3-8H,2,9,16H2,1H3,(H,20,22)/b13-10+,21-14-. The molecule has 0 saturated heterocycles. The summed E-state index contributed by atoms with van der Waals surface area (Å²) in [4.78, 5) is 27.9. The van der Waals surface area contributed by atoms with Crippen LogP contribution in [0.1, 0.15) is 18.5 Å². The maximum absolute atomic E-state index is 12.1. The van der Waals surface area contributed by atoms with E-state index in [4.69, 9.17) is 10.2 Å². The number of hydrogen-bond acceptors (Lipinski definition) is 6. The first-order chi connectivity index (χ1) is 11.1. The van der Waals surface area contributed by atoms with Crippen molar-refractivity contribution in [1.29, 1.82) is 0 Å². The molecule has 0 bridgehead atoms. The van der Waals surface area contributed by atoms with Gasteiger partial charge in [-0.3, -0.25) is 4.79 Å². The molecule has 0 atom stereocenters. The minimum atomic E-state index is -0.374. The van der Waals surface area contributed by atoms with Crippen molar-refractivity contribution in [3.05, 3.63) is 59.8 Å². The second-order valence-corrected chi connectivity index (χ2v) is 4.43. The van der Waals surface area contributed by atoms with E-state index < -0.39 is 0 Å². The maximum Gasteiger partial charge on any atom is 0.251 e. The van der Waals surface area contributed by atoms with E-state index in [0.29, 0.717) is 11.6 Å². The van der Waals surface area contributed by atoms with Crippen LogP contribution in [0.15, 0.2) is 62.7 Å². The Labute approximate surface area is 132 Å². The molecular weight excluding hydrogens is 296 g/mol. The fraction of sp³-hybridized carbons (Fsp3) is 0.133. The molecule has 0 fully saturated rings. The van der Waals surface area contributed by atoms with Gasteiger partial charge in [-0.05, 0) is 31.8 Å². The number of aromatic nitrogens is 2. The molecule has 0 unspecified atom stereocenters. The van der Waals surface area contributed by atoms with Gasteiger partial charge in [-0.15, -0.1) is 0 Å². The molecule has 3 N–H and O–H groups in total. The molecule has 2 heterocycles. The summed E-state index contributed by atoms with van der Waals surface area (Å²) in [5.74, 6) is 0.761. The van der Waals surface area contributed by atoms with Gasteiger partial charge >= 0.3 is 0 Å². The van der Waals surface area contributed by atoms with Crippen LogP contribution in [0.3, 0.4) is 0 Å². The average molecular weight is 312 g/mol. The second kappa shape index (κ2) is 7.64. The van der Waals surface area contributed by atoms with E-state index in [0.717, 1.165) is 0 Å². The fourth-order valence-electron chi connectivity index (χ4n) is 1.60. The summed E-state index contributed by atoms with van der Waals surface area (Å²) in [5.41, 5.74) is 6.08. The number of aliphatic imine (C=N–C) groups is 2. The van der Waals surface area contributed by atoms with Crippen LogP contribution < -0.4 is 11.1 Å². The summed E-state index contributed by atoms with van der Waals surface area (Å²) in [7, 11) is 0. The zero-order valence-corrected chi connectivity index (χ0v) is 12.6. The number of carbonyl (C=O) groups excluding carboxylic acids is 1. The normalized spacial score (nSPS) is 12.5. The SMILES string of the molecule is C=N/C(=N\C(N)=C(/C)C(=O)NCc1ncccn1)c1ccco1. The summed E-state index contributed by atoms with van der Waals surface area (Å²) in [6.07, 6.45) is 4.68. The first kappa shape index (κ1) is 16.1. The van der Waals surface area contributed by atoms with Crippen LogP contribution >= 0.6 is 0 Å². The van der Waals surface area contributed by atoms with E-state index in [1.54, 1.807) is 37.5 Å². The highest BCUT2D eigenvalue weighted by atomic mass is 16.3. The summed E-state index contributed by atoms with van der Waals surface area (Å²) in [6.45, 7) is 5.17. The maximum atomic E-state index is 12.1. The topological polar surface area (TPSA) is 119 Å². The predicted octanol–water partition coefficient (Wildman–Crippen LogP) is 1.02. The largest absolute Gasteiger partial charge is 0.461 e. The Morgan fingerprint density at radius 1 is 1.39 bits per heavy atom. The van der Waals surface area contributed by atoms with Gasteiger partial charge in [0.05, 0.1) is 18.4 Å². The molecule has 1 amide bonds. The highest BCUT2D eigenvalue weighted by molar-refractivity contribution is 6.00. The first-order valence-corrected chi connectivity index (χ1v) is 6.71. The fourth-order valence-corrected chi connectivity index (χ4v) is 1.60. The number of rotatable bonds is 5. The third kappa shape index (κ3) is 4.34. The Kier molecular flexibility index (Phi) is 5.35. The Hall–Kier alpha value is -3.29. The van der Waals surface area contributed by atoms with E-state index in [1.165, 1.54) is 6.26 Å². The lowest BCUT2D eigenvalue weighted by atomic mass is 10.3. The van der Waals surface area contributed by atoms with Gasteiger partial charge in [0.1, 0.15) is 11.6 Å². The van der Waals surface area contributed by atoms with Gasteiger partial charge in [-0.2, -0.15) is 0 Å². The minimum Gasteiger partial charge on any atom is -0.461 e. The van der Waals surface area contributed by atoms with Crippen molar-refractivity contribution in [2.24, 2.45) is 15.7 Å². The molecule has 2 aromatic heterocycles. The number of amides is 1. The van der Waals surface area contributed by atoms with Crippen LogP contribution in [0, 0.1) is 0 Å². The molecule has 8 heteroatoms. The van der Waals surface area contributed by atoms with Gasteiger partial charge in [-0.25, -0.2) is 20.0 Å². The van der Waals surface area contributed by atoms with Gasteiger partial charge < -0.3 is 15.5 Å². The van der Waals surface area contributed by atoms with Gasteiger partial charge in [0.15, 0.2) is 11.6 Å². The highest BCUT2D eigenvalue weighted by Crippen LogP contribution is 2.07. The van der Waals surface area contributed by atoms with Gasteiger partial charge in [0.2, 0.25) is 0 Å². The molecule has 0 aromatic carbocycles. The quantitative estimate of drug-likeness (QED) is 0.485. The number of hydrogen-bond donors (Lipinski definition) is 2. The Morgan fingerprint density at radius 2 is 2.13 bits per heavy atom. The van der Waals surface area contributed by atoms with E-state index in [9.17, 15) is 4.79 Å². The lowest BCUT2D eigenvalue weighted by Crippen LogP contribution is -2.26. The van der Waals surface area contributed by atoms with Crippen molar-refractivity contribution in [3.8, 4) is 0 Å². The van der Waals surface area contributed by atoms with Crippen LogP contribution in [0.4, 0.5) is 0 Å². The number of furan rings is 1. The smallest absolute Gasteiger partial charge is 0.251 e. The van der Waals surface area contributed by atoms with Gasteiger partial charge in [-0.1, -0.05) is 0 Å². The van der Waals surface area contributed by atoms with Crippen molar-refractivity contribution in [1.82, 2.24) is 15.3 Å². The van der Waals surface area contributed by atoms with Crippen molar-refractivity contribution < 1.29 is 9.21 Å². The third-order valence-corrected chi connectivity index (χ3v) is 2.87. The Morgan fingerprint density at radius 3 is 2.74 bits per heavy atom. The minimum absolute atomic E-state index is 0.0234. The number of amidine groups is 1. The van der Waals surface area contributed by atoms with E-state index >= 15 is 0 Å². The highest BCUT2D eigenvalue weighted by Gasteiger charge is 2.11. The Balaban J connectivity index is 2.09. The predicted molar refractivity (Wildman–Crippen MR) is 85.6 cm³/mol. The molecule has 0 aliphatic rings. The van der Waals surface area contributed by atoms with Crippen molar-refractivity contribution in [2.75, 3.05) is 0 Å².